The number of hydrogen-bond donors (Lipinski definition) is 1. The van der Waals surface area contributed by atoms with Crippen molar-refractivity contribution < 1.29 is 24.1 Å². The summed E-state index contributed by atoms with van der Waals surface area (Å²) in [6.45, 7) is 3.34. The number of carbonyl (C=O) groups is 1. The van der Waals surface area contributed by atoms with Crippen molar-refractivity contribution in [3.8, 4) is 11.5 Å². The van der Waals surface area contributed by atoms with E-state index in [1.165, 1.54) is 0 Å². The number of hydrogen-bond acceptors (Lipinski definition) is 6. The number of nitrogens with zero attached hydrogens (tertiary/aromatic N) is 2. The van der Waals surface area contributed by atoms with E-state index >= 15 is 0 Å². The molecule has 2 aromatic carbocycles. The van der Waals surface area contributed by atoms with Gasteiger partial charge in [0.25, 0.3) is 0 Å². The molecule has 0 spiro atoms. The molecule has 1 atom stereocenters. The Labute approximate surface area is 195 Å². The number of cyclic esters (lactones) is 1. The zero-order valence-electron chi connectivity index (χ0n) is 19.7. The summed E-state index contributed by atoms with van der Waals surface area (Å²) in [7, 11) is 5.06. The summed E-state index contributed by atoms with van der Waals surface area (Å²) in [4.78, 5) is 15.6. The number of carbonyl (C=O) groups excluding carboxylic acids is 1. The van der Waals surface area contributed by atoms with Gasteiger partial charge in [-0.15, -0.1) is 0 Å². The molecule has 0 bridgehead atoms. The first-order chi connectivity index (χ1) is 15.9. The normalized spacial score (nSPS) is 20.1. The van der Waals surface area contributed by atoms with Crippen molar-refractivity contribution in [3.63, 3.8) is 0 Å². The maximum atomic E-state index is 12.2. The van der Waals surface area contributed by atoms with E-state index in [4.69, 9.17) is 14.2 Å². The lowest BCUT2D eigenvalue weighted by molar-refractivity contribution is -0.0154. The largest absolute Gasteiger partial charge is 0.497 e. The van der Waals surface area contributed by atoms with Gasteiger partial charge in [-0.25, -0.2) is 4.79 Å². The fraction of sp³-hybridized carbons (Fsp3) is 0.500. The molecule has 0 saturated carbocycles. The molecule has 1 unspecified atom stereocenters. The highest BCUT2D eigenvalue weighted by Crippen LogP contribution is 2.43. The minimum Gasteiger partial charge on any atom is -0.497 e. The summed E-state index contributed by atoms with van der Waals surface area (Å²) < 4.78 is 16.0. The summed E-state index contributed by atoms with van der Waals surface area (Å²) in [5.74, 6) is 1.61. The molecule has 2 heterocycles. The van der Waals surface area contributed by atoms with Gasteiger partial charge in [-0.1, -0.05) is 24.3 Å². The third kappa shape index (κ3) is 4.94. The molecule has 2 aliphatic heterocycles. The molecule has 2 saturated heterocycles. The van der Waals surface area contributed by atoms with Crippen molar-refractivity contribution in [1.29, 1.82) is 0 Å². The molecule has 4 rings (SSSR count). The van der Waals surface area contributed by atoms with E-state index in [9.17, 15) is 9.90 Å². The van der Waals surface area contributed by atoms with Crippen molar-refractivity contribution in [3.05, 3.63) is 59.7 Å². The third-order valence-electron chi connectivity index (χ3n) is 7.06. The van der Waals surface area contributed by atoms with Gasteiger partial charge in [-0.3, -0.25) is 0 Å². The number of rotatable bonds is 8. The Bertz CT molecular complexity index is 875. The van der Waals surface area contributed by atoms with Gasteiger partial charge >= 0.3 is 6.09 Å². The summed E-state index contributed by atoms with van der Waals surface area (Å²) in [6, 6.07) is 15.4. The maximum Gasteiger partial charge on any atom is 0.409 e. The Hall–Kier alpha value is -2.77. The first-order valence-electron chi connectivity index (χ1n) is 11.6. The molecule has 1 N–H and O–H groups in total. The van der Waals surface area contributed by atoms with Crippen molar-refractivity contribution in [2.75, 3.05) is 47.4 Å². The van der Waals surface area contributed by atoms with Gasteiger partial charge in [-0.2, -0.15) is 0 Å². The molecule has 7 nitrogen and oxygen atoms in total. The zero-order valence-corrected chi connectivity index (χ0v) is 19.7. The Morgan fingerprint density at radius 3 is 1.91 bits per heavy atom. The zero-order chi connectivity index (χ0) is 23.4. The number of benzene rings is 2. The molecule has 2 aromatic rings. The van der Waals surface area contributed by atoms with E-state index < -0.39 is 5.60 Å². The molecule has 2 aliphatic rings. The van der Waals surface area contributed by atoms with E-state index in [1.807, 2.05) is 48.5 Å². The lowest BCUT2D eigenvalue weighted by Crippen LogP contribution is -2.44. The number of likely N-dealkylation sites (N-methyl/N-ethyl adjacent to an activating group) is 1. The molecule has 0 radical (unpaired) electrons. The number of amides is 1. The Morgan fingerprint density at radius 2 is 1.48 bits per heavy atom. The van der Waals surface area contributed by atoms with Gasteiger partial charge in [0.05, 0.1) is 20.8 Å². The highest BCUT2D eigenvalue weighted by molar-refractivity contribution is 5.69. The smallest absolute Gasteiger partial charge is 0.409 e. The summed E-state index contributed by atoms with van der Waals surface area (Å²) in [6.07, 6.45) is 2.32. The highest BCUT2D eigenvalue weighted by atomic mass is 16.6. The molecule has 1 amide bonds. The van der Waals surface area contributed by atoms with Crippen LogP contribution in [0.15, 0.2) is 48.5 Å². The van der Waals surface area contributed by atoms with Crippen LogP contribution >= 0.6 is 0 Å². The van der Waals surface area contributed by atoms with Crippen LogP contribution < -0.4 is 9.47 Å². The van der Waals surface area contributed by atoms with Crippen LogP contribution in [-0.2, 0) is 10.3 Å². The Balaban J connectivity index is 1.47. The second-order valence-electron chi connectivity index (χ2n) is 9.01. The van der Waals surface area contributed by atoms with Gasteiger partial charge < -0.3 is 29.1 Å². The van der Waals surface area contributed by atoms with Crippen LogP contribution in [0.5, 0.6) is 11.5 Å². The van der Waals surface area contributed by atoms with Crippen LogP contribution in [0.4, 0.5) is 4.79 Å². The molecular weight excluding hydrogens is 420 g/mol. The Kier molecular flexibility index (Phi) is 7.10. The van der Waals surface area contributed by atoms with Gasteiger partial charge in [0, 0.05) is 13.6 Å². The minimum atomic E-state index is -1.10. The maximum absolute atomic E-state index is 12.2. The predicted octanol–water partition coefficient (Wildman–Crippen LogP) is 3.49. The van der Waals surface area contributed by atoms with E-state index in [1.54, 1.807) is 26.2 Å². The average molecular weight is 455 g/mol. The van der Waals surface area contributed by atoms with Crippen LogP contribution in [0.25, 0.3) is 0 Å². The van der Waals surface area contributed by atoms with E-state index in [0.717, 1.165) is 61.5 Å². The molecule has 178 valence electrons. The van der Waals surface area contributed by atoms with Crippen molar-refractivity contribution in [2.24, 2.45) is 5.92 Å². The van der Waals surface area contributed by atoms with E-state index in [2.05, 4.69) is 4.90 Å². The predicted molar refractivity (Wildman–Crippen MR) is 126 cm³/mol. The Morgan fingerprint density at radius 1 is 0.970 bits per heavy atom. The lowest BCUT2D eigenvalue weighted by Gasteiger charge is -2.42. The SMILES string of the molecule is COc1ccc(C(O)(c2ccc(OC)cc2)C2CCN(CCC3CN(C)C(=O)O3)CC2)cc1. The van der Waals surface area contributed by atoms with Crippen LogP contribution in [0.1, 0.15) is 30.4 Å². The van der Waals surface area contributed by atoms with Crippen molar-refractivity contribution in [1.82, 2.24) is 9.80 Å². The minimum absolute atomic E-state index is 0.0317. The fourth-order valence-corrected chi connectivity index (χ4v) is 5.03. The number of methoxy groups -OCH3 is 2. The fourth-order valence-electron chi connectivity index (χ4n) is 5.03. The number of ether oxygens (including phenoxy) is 3. The van der Waals surface area contributed by atoms with Gasteiger partial charge in [0.2, 0.25) is 0 Å². The molecule has 2 fully saturated rings. The number of likely N-dealkylation sites (tertiary alicyclic amines) is 1. The van der Waals surface area contributed by atoms with Crippen molar-refractivity contribution >= 4 is 6.09 Å². The van der Waals surface area contributed by atoms with E-state index in [0.29, 0.717) is 6.54 Å². The number of piperidine rings is 1. The molecular formula is C26H34N2O5. The standard InChI is InChI=1S/C26H34N2O5/c1-27-18-24(33-25(27)29)14-17-28-15-12-21(13-16-28)26(30,19-4-8-22(31-2)9-5-19)20-6-10-23(32-3)11-7-20/h4-11,21,24,30H,12-18H2,1-3H3. The monoisotopic (exact) mass is 454 g/mol. The second kappa shape index (κ2) is 10.0. The van der Waals surface area contributed by atoms with Crippen molar-refractivity contribution in [2.45, 2.75) is 31.0 Å². The first-order valence-corrected chi connectivity index (χ1v) is 11.6. The lowest BCUT2D eigenvalue weighted by atomic mass is 9.72. The topological polar surface area (TPSA) is 71.5 Å². The first kappa shape index (κ1) is 23.4. The van der Waals surface area contributed by atoms with Crippen LogP contribution in [0, 0.1) is 5.92 Å². The van der Waals surface area contributed by atoms with Crippen LogP contribution in [0.2, 0.25) is 0 Å². The van der Waals surface area contributed by atoms with Gasteiger partial charge in [0.1, 0.15) is 23.2 Å². The third-order valence-corrected chi connectivity index (χ3v) is 7.06. The van der Waals surface area contributed by atoms with Crippen LogP contribution in [-0.4, -0.2) is 74.5 Å². The summed E-state index contributed by atoms with van der Waals surface area (Å²) >= 11 is 0. The average Bonchev–Trinajstić information content (AvgIpc) is 3.19. The van der Waals surface area contributed by atoms with Crippen LogP contribution in [0.3, 0.4) is 0 Å². The molecule has 33 heavy (non-hydrogen) atoms. The van der Waals surface area contributed by atoms with Gasteiger partial charge in [-0.05, 0) is 73.7 Å². The quantitative estimate of drug-likeness (QED) is 0.658. The molecule has 7 heteroatoms. The molecule has 0 aliphatic carbocycles. The van der Waals surface area contributed by atoms with E-state index in [-0.39, 0.29) is 18.1 Å². The summed E-state index contributed by atoms with van der Waals surface area (Å²) in [5, 5.41) is 12.2. The van der Waals surface area contributed by atoms with Gasteiger partial charge in [0.15, 0.2) is 0 Å². The number of aliphatic hydroxyl groups is 1. The molecule has 0 aromatic heterocycles. The summed E-state index contributed by atoms with van der Waals surface area (Å²) in [5.41, 5.74) is 0.634. The highest BCUT2D eigenvalue weighted by Gasteiger charge is 2.42. The second-order valence-corrected chi connectivity index (χ2v) is 9.01.